The maximum atomic E-state index is 12.9. The van der Waals surface area contributed by atoms with Crippen LogP contribution < -0.4 is 5.73 Å². The van der Waals surface area contributed by atoms with Crippen LogP contribution in [0.4, 0.5) is 0 Å². The van der Waals surface area contributed by atoms with Gasteiger partial charge in [0, 0.05) is 11.9 Å². The maximum absolute atomic E-state index is 12.9. The molecule has 0 radical (unpaired) electrons. The van der Waals surface area contributed by atoms with E-state index in [9.17, 15) is 4.79 Å². The van der Waals surface area contributed by atoms with Crippen molar-refractivity contribution in [1.29, 1.82) is 0 Å². The van der Waals surface area contributed by atoms with Gasteiger partial charge in [0.1, 0.15) is 5.41 Å². The highest BCUT2D eigenvalue weighted by Crippen LogP contribution is 2.38. The maximum Gasteiger partial charge on any atom is 0.236 e. The van der Waals surface area contributed by atoms with Crippen molar-refractivity contribution in [1.82, 2.24) is 4.90 Å². The summed E-state index contributed by atoms with van der Waals surface area (Å²) < 4.78 is 0.703. The minimum absolute atomic E-state index is 0.0308. The summed E-state index contributed by atoms with van der Waals surface area (Å²) in [5, 5.41) is 12.2. The number of carbonyl (C=O) groups is 1. The van der Waals surface area contributed by atoms with Gasteiger partial charge in [-0.1, -0.05) is 36.0 Å². The zero-order valence-electron chi connectivity index (χ0n) is 12.0. The fourth-order valence-electron chi connectivity index (χ4n) is 2.94. The largest absolute Gasteiger partial charge is 0.409 e. The monoisotopic (exact) mass is 329 g/mol. The van der Waals surface area contributed by atoms with Crippen molar-refractivity contribution in [2.45, 2.75) is 38.6 Å². The lowest BCUT2D eigenvalue weighted by Gasteiger charge is -2.37. The Kier molecular flexibility index (Phi) is 5.11. The van der Waals surface area contributed by atoms with Gasteiger partial charge in [-0.15, -0.1) is 11.3 Å². The second-order valence-corrected chi connectivity index (χ2v) is 7.29. The molecule has 3 N–H and O–H groups in total. The van der Waals surface area contributed by atoms with Crippen molar-refractivity contribution in [2.24, 2.45) is 16.3 Å². The lowest BCUT2D eigenvalue weighted by molar-refractivity contribution is -0.139. The van der Waals surface area contributed by atoms with Crippen LogP contribution in [0.25, 0.3) is 0 Å². The molecule has 5 nitrogen and oxygen atoms in total. The van der Waals surface area contributed by atoms with E-state index in [1.165, 1.54) is 11.3 Å². The molecular weight excluding hydrogens is 310 g/mol. The van der Waals surface area contributed by atoms with E-state index >= 15 is 0 Å². The first kappa shape index (κ1) is 16.1. The van der Waals surface area contributed by atoms with E-state index in [1.807, 2.05) is 12.1 Å². The first-order valence-corrected chi connectivity index (χ1v) is 8.17. The molecule has 0 aromatic carbocycles. The van der Waals surface area contributed by atoms with Crippen LogP contribution in [0, 0.1) is 5.41 Å². The van der Waals surface area contributed by atoms with Crippen LogP contribution in [0.2, 0.25) is 4.34 Å². The van der Waals surface area contributed by atoms with E-state index in [1.54, 1.807) is 11.9 Å². The van der Waals surface area contributed by atoms with Crippen LogP contribution in [-0.4, -0.2) is 28.9 Å². The molecule has 1 aromatic heterocycles. The molecular formula is C14H20ClN3O2S. The Morgan fingerprint density at radius 2 is 2.14 bits per heavy atom. The Balaban J connectivity index is 2.17. The highest BCUT2D eigenvalue weighted by Gasteiger charge is 2.45. The molecule has 1 heterocycles. The average molecular weight is 330 g/mol. The number of amides is 1. The molecule has 0 aliphatic heterocycles. The smallest absolute Gasteiger partial charge is 0.236 e. The quantitative estimate of drug-likeness (QED) is 0.385. The second kappa shape index (κ2) is 6.66. The van der Waals surface area contributed by atoms with Crippen molar-refractivity contribution in [3.63, 3.8) is 0 Å². The van der Waals surface area contributed by atoms with E-state index in [0.717, 1.165) is 24.1 Å². The van der Waals surface area contributed by atoms with E-state index in [-0.39, 0.29) is 11.7 Å². The summed E-state index contributed by atoms with van der Waals surface area (Å²) in [6, 6.07) is 3.73. The fourth-order valence-corrected chi connectivity index (χ4v) is 4.08. The molecule has 116 valence electrons. The number of nitrogens with two attached hydrogens (primary N) is 1. The van der Waals surface area contributed by atoms with Crippen LogP contribution in [0.1, 0.15) is 37.0 Å². The zero-order chi connectivity index (χ0) is 15.5. The molecule has 0 unspecified atom stereocenters. The van der Waals surface area contributed by atoms with Crippen molar-refractivity contribution >= 4 is 34.7 Å². The fraction of sp³-hybridized carbons (Fsp3) is 0.571. The van der Waals surface area contributed by atoms with Crippen LogP contribution in [0.3, 0.4) is 0 Å². The third-order valence-electron chi connectivity index (χ3n) is 4.08. The number of thiophene rings is 1. The lowest BCUT2D eigenvalue weighted by Crippen LogP contribution is -2.51. The van der Waals surface area contributed by atoms with Crippen LogP contribution in [0.5, 0.6) is 0 Å². The summed E-state index contributed by atoms with van der Waals surface area (Å²) >= 11 is 7.37. The molecule has 1 aliphatic rings. The summed E-state index contributed by atoms with van der Waals surface area (Å²) in [6.45, 7) is 0.483. The Morgan fingerprint density at radius 1 is 1.48 bits per heavy atom. The number of hydrogen-bond donors (Lipinski definition) is 2. The molecule has 0 spiro atoms. The van der Waals surface area contributed by atoms with E-state index < -0.39 is 5.41 Å². The predicted octanol–water partition coefficient (Wildman–Crippen LogP) is 3.06. The number of halogens is 1. The highest BCUT2D eigenvalue weighted by atomic mass is 35.5. The van der Waals surface area contributed by atoms with Gasteiger partial charge in [-0.2, -0.15) is 0 Å². The predicted molar refractivity (Wildman–Crippen MR) is 84.7 cm³/mol. The molecule has 1 fully saturated rings. The van der Waals surface area contributed by atoms with E-state index in [0.29, 0.717) is 23.7 Å². The van der Waals surface area contributed by atoms with Gasteiger partial charge in [0.25, 0.3) is 0 Å². The minimum Gasteiger partial charge on any atom is -0.409 e. The lowest BCUT2D eigenvalue weighted by atomic mass is 9.72. The SMILES string of the molecule is CN(Cc1ccc(Cl)s1)C(=O)C1(C(N)=NO)CCCCC1. The second-order valence-electron chi connectivity index (χ2n) is 5.50. The average Bonchev–Trinajstić information content (AvgIpc) is 2.91. The molecule has 0 atom stereocenters. The third-order valence-corrected chi connectivity index (χ3v) is 5.30. The van der Waals surface area contributed by atoms with Gasteiger partial charge >= 0.3 is 0 Å². The zero-order valence-corrected chi connectivity index (χ0v) is 13.6. The topological polar surface area (TPSA) is 78.9 Å². The highest BCUT2D eigenvalue weighted by molar-refractivity contribution is 7.16. The molecule has 7 heteroatoms. The van der Waals surface area contributed by atoms with Gasteiger partial charge in [-0.3, -0.25) is 4.79 Å². The number of nitrogens with zero attached hydrogens (tertiary/aromatic N) is 2. The van der Waals surface area contributed by atoms with Gasteiger partial charge in [0.2, 0.25) is 5.91 Å². The number of carbonyl (C=O) groups excluding carboxylic acids is 1. The summed E-state index contributed by atoms with van der Waals surface area (Å²) in [4.78, 5) is 15.5. The van der Waals surface area contributed by atoms with Crippen LogP contribution in [0.15, 0.2) is 17.3 Å². The molecule has 1 amide bonds. The minimum atomic E-state index is -0.858. The first-order valence-electron chi connectivity index (χ1n) is 6.97. The normalized spacial score (nSPS) is 18.5. The van der Waals surface area contributed by atoms with E-state index in [2.05, 4.69) is 5.16 Å². The van der Waals surface area contributed by atoms with Gasteiger partial charge in [0.15, 0.2) is 5.84 Å². The Bertz CT molecular complexity index is 538. The molecule has 1 aromatic rings. The van der Waals surface area contributed by atoms with Crippen molar-refractivity contribution < 1.29 is 10.0 Å². The van der Waals surface area contributed by atoms with Crippen molar-refractivity contribution in [2.75, 3.05) is 7.05 Å². The summed E-state index contributed by atoms with van der Waals surface area (Å²) in [5.74, 6) is -0.0507. The van der Waals surface area contributed by atoms with Gasteiger partial charge in [0.05, 0.1) is 10.9 Å². The number of rotatable bonds is 4. The van der Waals surface area contributed by atoms with Gasteiger partial charge in [-0.25, -0.2) is 0 Å². The van der Waals surface area contributed by atoms with Gasteiger partial charge < -0.3 is 15.8 Å². The van der Waals surface area contributed by atoms with E-state index in [4.69, 9.17) is 22.5 Å². The van der Waals surface area contributed by atoms with Crippen LogP contribution in [-0.2, 0) is 11.3 Å². The molecule has 21 heavy (non-hydrogen) atoms. The molecule has 1 saturated carbocycles. The first-order chi connectivity index (χ1) is 9.99. The van der Waals surface area contributed by atoms with Crippen LogP contribution >= 0.6 is 22.9 Å². The number of amidine groups is 1. The molecule has 2 rings (SSSR count). The Hall–Kier alpha value is -1.27. The molecule has 0 bridgehead atoms. The van der Waals surface area contributed by atoms with Gasteiger partial charge in [-0.05, 0) is 25.0 Å². The third kappa shape index (κ3) is 3.32. The van der Waals surface area contributed by atoms with Crippen molar-refractivity contribution in [3.8, 4) is 0 Å². The number of hydrogen-bond acceptors (Lipinski definition) is 4. The molecule has 1 aliphatic carbocycles. The Morgan fingerprint density at radius 3 is 2.67 bits per heavy atom. The summed E-state index contributed by atoms with van der Waals surface area (Å²) in [6.07, 6.45) is 4.19. The standard InChI is InChI=1S/C14H20ClN3O2S/c1-18(9-10-5-6-11(15)21-10)13(19)14(12(16)17-20)7-3-2-4-8-14/h5-6,20H,2-4,7-9H2,1H3,(H2,16,17). The van der Waals surface area contributed by atoms with Crippen molar-refractivity contribution in [3.05, 3.63) is 21.3 Å². The Labute approximate surface area is 133 Å². The summed E-state index contributed by atoms with van der Waals surface area (Å²) in [5.41, 5.74) is 4.99. The molecule has 0 saturated heterocycles. The number of oxime groups is 1. The summed E-state index contributed by atoms with van der Waals surface area (Å²) in [7, 11) is 1.75.